The molecular formula is C21H14ClN3O7. The molecule has 0 aromatic heterocycles. The first kappa shape index (κ1) is 22.3. The molecule has 1 N–H and O–H groups in total. The summed E-state index contributed by atoms with van der Waals surface area (Å²) in [6.45, 7) is -0.0578. The van der Waals surface area contributed by atoms with Gasteiger partial charge in [-0.15, -0.1) is 6.42 Å². The summed E-state index contributed by atoms with van der Waals surface area (Å²) in [7, 11) is 1.37. The molecule has 0 saturated carbocycles. The fourth-order valence-corrected chi connectivity index (χ4v) is 3.15. The number of nitro benzene ring substituents is 1. The number of anilines is 1. The van der Waals surface area contributed by atoms with Gasteiger partial charge in [-0.25, -0.2) is 9.69 Å². The Balaban J connectivity index is 2.03. The Morgan fingerprint density at radius 2 is 2.03 bits per heavy atom. The fraction of sp³-hybridized carbons (Fsp3) is 0.0952. The number of halogens is 1. The molecule has 0 radical (unpaired) electrons. The van der Waals surface area contributed by atoms with E-state index >= 15 is 0 Å². The van der Waals surface area contributed by atoms with Crippen LogP contribution < -0.4 is 19.7 Å². The van der Waals surface area contributed by atoms with E-state index < -0.39 is 28.3 Å². The van der Waals surface area contributed by atoms with E-state index in [1.54, 1.807) is 0 Å². The number of urea groups is 1. The lowest BCUT2D eigenvalue weighted by Gasteiger charge is -2.26. The molecule has 2 aromatic rings. The van der Waals surface area contributed by atoms with Gasteiger partial charge < -0.3 is 9.47 Å². The van der Waals surface area contributed by atoms with Crippen LogP contribution in [0.2, 0.25) is 5.02 Å². The van der Waals surface area contributed by atoms with Gasteiger partial charge in [-0.05, 0) is 29.8 Å². The average molecular weight is 456 g/mol. The van der Waals surface area contributed by atoms with Crippen LogP contribution in [-0.2, 0) is 9.59 Å². The van der Waals surface area contributed by atoms with E-state index in [1.807, 2.05) is 5.32 Å². The van der Waals surface area contributed by atoms with Crippen LogP contribution in [0, 0.1) is 22.5 Å². The minimum atomic E-state index is -1.04. The van der Waals surface area contributed by atoms with E-state index in [9.17, 15) is 24.5 Å². The molecule has 11 heteroatoms. The topological polar surface area (TPSA) is 128 Å². The Bertz CT molecular complexity index is 1220. The van der Waals surface area contributed by atoms with Crippen LogP contribution >= 0.6 is 11.6 Å². The predicted octanol–water partition coefficient (Wildman–Crippen LogP) is 2.94. The second-order valence-electron chi connectivity index (χ2n) is 6.26. The molecular weight excluding hydrogens is 442 g/mol. The smallest absolute Gasteiger partial charge is 0.335 e. The van der Waals surface area contributed by atoms with Crippen molar-refractivity contribution < 1.29 is 28.8 Å². The molecule has 1 aliphatic heterocycles. The summed E-state index contributed by atoms with van der Waals surface area (Å²) in [5, 5.41) is 13.2. The first-order valence-electron chi connectivity index (χ1n) is 8.86. The van der Waals surface area contributed by atoms with Crippen molar-refractivity contribution in [2.45, 2.75) is 0 Å². The minimum absolute atomic E-state index is 0.0578. The van der Waals surface area contributed by atoms with Gasteiger partial charge in [-0.2, -0.15) is 0 Å². The lowest BCUT2D eigenvalue weighted by atomic mass is 10.1. The Hall–Kier alpha value is -4.36. The molecule has 3 rings (SSSR count). The van der Waals surface area contributed by atoms with Crippen molar-refractivity contribution in [3.63, 3.8) is 0 Å². The Morgan fingerprint density at radius 3 is 2.69 bits per heavy atom. The summed E-state index contributed by atoms with van der Waals surface area (Å²) >= 11 is 6.22. The normalized spacial score (nSPS) is 14.7. The van der Waals surface area contributed by atoms with E-state index in [-0.39, 0.29) is 34.5 Å². The number of nitrogens with zero attached hydrogens (tertiary/aromatic N) is 2. The minimum Gasteiger partial charge on any atom is -0.493 e. The van der Waals surface area contributed by atoms with Crippen LogP contribution in [0.5, 0.6) is 11.5 Å². The number of hydrogen-bond acceptors (Lipinski definition) is 7. The van der Waals surface area contributed by atoms with Gasteiger partial charge in [-0.3, -0.25) is 25.0 Å². The number of nitrogens with one attached hydrogen (secondary N) is 1. The first-order chi connectivity index (χ1) is 15.3. The highest BCUT2D eigenvalue weighted by atomic mass is 35.5. The molecule has 1 heterocycles. The SMILES string of the molecule is C#CCOc1c(Cl)cc(/C=C2\C(=O)NC(=O)N(c3cccc([N+](=O)[O-])c3)C2=O)cc1OC. The number of amides is 4. The maximum atomic E-state index is 13.0. The number of non-ortho nitro benzene ring substituents is 1. The Morgan fingerprint density at radius 1 is 1.28 bits per heavy atom. The number of carbonyl (C=O) groups is 3. The van der Waals surface area contributed by atoms with Gasteiger partial charge in [-0.1, -0.05) is 23.6 Å². The van der Waals surface area contributed by atoms with Gasteiger partial charge in [0.15, 0.2) is 11.5 Å². The van der Waals surface area contributed by atoms with Crippen molar-refractivity contribution >= 4 is 46.9 Å². The molecule has 0 bridgehead atoms. The van der Waals surface area contributed by atoms with Crippen LogP contribution in [-0.4, -0.2) is 36.5 Å². The summed E-state index contributed by atoms with van der Waals surface area (Å²) in [6.07, 6.45) is 6.38. The third-order valence-electron chi connectivity index (χ3n) is 4.26. The molecule has 1 fully saturated rings. The number of rotatable bonds is 6. The summed E-state index contributed by atoms with van der Waals surface area (Å²) < 4.78 is 10.6. The molecule has 0 atom stereocenters. The zero-order valence-corrected chi connectivity index (χ0v) is 17.2. The van der Waals surface area contributed by atoms with E-state index in [1.165, 1.54) is 43.5 Å². The standard InChI is InChI=1S/C21H14ClN3O7/c1-3-7-32-18-16(22)9-12(10-17(18)31-2)8-15-19(26)23-21(28)24(20(15)27)13-5-4-6-14(11-13)25(29)30/h1,4-6,8-11H,7H2,2H3,(H,23,26,28)/b15-8+. The molecule has 10 nitrogen and oxygen atoms in total. The zero-order valence-electron chi connectivity index (χ0n) is 16.5. The molecule has 32 heavy (non-hydrogen) atoms. The van der Waals surface area contributed by atoms with Crippen LogP contribution in [0.15, 0.2) is 42.0 Å². The van der Waals surface area contributed by atoms with Crippen LogP contribution in [0.4, 0.5) is 16.2 Å². The van der Waals surface area contributed by atoms with Gasteiger partial charge >= 0.3 is 6.03 Å². The Kier molecular flexibility index (Phi) is 6.42. The van der Waals surface area contributed by atoms with Gasteiger partial charge in [0.1, 0.15) is 12.2 Å². The average Bonchev–Trinajstić information content (AvgIpc) is 2.75. The summed E-state index contributed by atoms with van der Waals surface area (Å²) in [4.78, 5) is 48.6. The van der Waals surface area contributed by atoms with Crippen molar-refractivity contribution in [3.8, 4) is 23.8 Å². The number of nitro groups is 1. The van der Waals surface area contributed by atoms with E-state index in [0.717, 1.165) is 6.07 Å². The van der Waals surface area contributed by atoms with Crippen LogP contribution in [0.3, 0.4) is 0 Å². The highest BCUT2D eigenvalue weighted by molar-refractivity contribution is 6.39. The molecule has 0 spiro atoms. The number of ether oxygens (including phenoxy) is 2. The molecule has 1 saturated heterocycles. The van der Waals surface area contributed by atoms with Crippen LogP contribution in [0.1, 0.15) is 5.56 Å². The number of imide groups is 2. The maximum Gasteiger partial charge on any atom is 0.335 e. The molecule has 0 unspecified atom stereocenters. The molecule has 1 aliphatic rings. The zero-order chi connectivity index (χ0) is 23.4. The molecule has 0 aliphatic carbocycles. The second kappa shape index (κ2) is 9.20. The molecule has 4 amide bonds. The summed E-state index contributed by atoms with van der Waals surface area (Å²) in [5.74, 6) is 0.772. The lowest BCUT2D eigenvalue weighted by Crippen LogP contribution is -2.54. The number of barbiturate groups is 1. The van der Waals surface area contributed by atoms with Gasteiger partial charge in [0.25, 0.3) is 17.5 Å². The third-order valence-corrected chi connectivity index (χ3v) is 4.54. The fourth-order valence-electron chi connectivity index (χ4n) is 2.88. The summed E-state index contributed by atoms with van der Waals surface area (Å²) in [5.41, 5.74) is -0.503. The monoisotopic (exact) mass is 455 g/mol. The number of hydrogen-bond donors (Lipinski definition) is 1. The highest BCUT2D eigenvalue weighted by Gasteiger charge is 2.37. The predicted molar refractivity (Wildman–Crippen MR) is 114 cm³/mol. The van der Waals surface area contributed by atoms with Gasteiger partial charge in [0.05, 0.1) is 22.7 Å². The molecule has 2 aromatic carbocycles. The number of methoxy groups -OCH3 is 1. The maximum absolute atomic E-state index is 13.0. The van der Waals surface area contributed by atoms with Crippen molar-refractivity contribution in [1.82, 2.24) is 5.32 Å². The lowest BCUT2D eigenvalue weighted by molar-refractivity contribution is -0.384. The molecule has 162 valence electrons. The van der Waals surface area contributed by atoms with Gasteiger partial charge in [0.2, 0.25) is 0 Å². The second-order valence-corrected chi connectivity index (χ2v) is 6.67. The van der Waals surface area contributed by atoms with Crippen molar-refractivity contribution in [2.24, 2.45) is 0 Å². The number of carbonyl (C=O) groups excluding carboxylic acids is 3. The quantitative estimate of drug-likeness (QED) is 0.233. The largest absolute Gasteiger partial charge is 0.493 e. The summed E-state index contributed by atoms with van der Waals surface area (Å²) in [6, 6.07) is 6.73. The first-order valence-corrected chi connectivity index (χ1v) is 9.24. The Labute approximate surface area is 186 Å². The van der Waals surface area contributed by atoms with Crippen molar-refractivity contribution in [2.75, 3.05) is 18.6 Å². The third kappa shape index (κ3) is 4.38. The number of terminal acetylenes is 1. The van der Waals surface area contributed by atoms with Crippen molar-refractivity contribution in [1.29, 1.82) is 0 Å². The van der Waals surface area contributed by atoms with E-state index in [2.05, 4.69) is 5.92 Å². The van der Waals surface area contributed by atoms with Gasteiger partial charge in [0, 0.05) is 12.1 Å². The van der Waals surface area contributed by atoms with Crippen LogP contribution in [0.25, 0.3) is 6.08 Å². The highest BCUT2D eigenvalue weighted by Crippen LogP contribution is 2.37. The number of benzene rings is 2. The van der Waals surface area contributed by atoms with E-state index in [0.29, 0.717) is 10.5 Å². The van der Waals surface area contributed by atoms with Crippen molar-refractivity contribution in [3.05, 3.63) is 62.7 Å². The van der Waals surface area contributed by atoms with E-state index in [4.69, 9.17) is 27.5 Å².